The second-order valence-corrected chi connectivity index (χ2v) is 8.85. The van der Waals surface area contributed by atoms with Crippen molar-refractivity contribution in [2.75, 3.05) is 31.1 Å². The van der Waals surface area contributed by atoms with Gasteiger partial charge in [0.2, 0.25) is 0 Å². The maximum Gasteiger partial charge on any atom is 0.251 e. The van der Waals surface area contributed by atoms with E-state index in [2.05, 4.69) is 78.4 Å². The van der Waals surface area contributed by atoms with E-state index in [1.165, 1.54) is 27.9 Å². The molecule has 32 heavy (non-hydrogen) atoms. The molecule has 1 aliphatic rings. The summed E-state index contributed by atoms with van der Waals surface area (Å²) in [7, 11) is 0. The zero-order chi connectivity index (χ0) is 22.5. The van der Waals surface area contributed by atoms with Crippen molar-refractivity contribution in [3.8, 4) is 0 Å². The van der Waals surface area contributed by atoms with Crippen molar-refractivity contribution in [3.05, 3.63) is 100 Å². The molecule has 0 bridgehead atoms. The fourth-order valence-corrected chi connectivity index (χ4v) is 4.35. The lowest BCUT2D eigenvalue weighted by Crippen LogP contribution is -2.46. The summed E-state index contributed by atoms with van der Waals surface area (Å²) >= 11 is 0. The van der Waals surface area contributed by atoms with Crippen molar-refractivity contribution >= 4 is 11.6 Å². The number of carbonyl (C=O) groups excluding carboxylic acids is 1. The minimum Gasteiger partial charge on any atom is -0.369 e. The molecular weight excluding hydrogens is 394 g/mol. The van der Waals surface area contributed by atoms with Gasteiger partial charge in [0.05, 0.1) is 0 Å². The normalized spacial score (nSPS) is 14.4. The summed E-state index contributed by atoms with van der Waals surface area (Å²) in [5.74, 6) is -0.0276. The fourth-order valence-electron chi connectivity index (χ4n) is 4.35. The third-order valence-electron chi connectivity index (χ3n) is 6.45. The molecule has 0 unspecified atom stereocenters. The van der Waals surface area contributed by atoms with Crippen LogP contribution in [0.15, 0.2) is 66.7 Å². The van der Waals surface area contributed by atoms with E-state index in [4.69, 9.17) is 0 Å². The van der Waals surface area contributed by atoms with Crippen molar-refractivity contribution in [2.24, 2.45) is 0 Å². The Bertz CT molecular complexity index is 1070. The average Bonchev–Trinajstić information content (AvgIpc) is 2.80. The Balaban J connectivity index is 1.27. The highest BCUT2D eigenvalue weighted by Gasteiger charge is 2.19. The predicted molar refractivity (Wildman–Crippen MR) is 132 cm³/mol. The number of piperazine rings is 1. The number of carbonyl (C=O) groups is 1. The van der Waals surface area contributed by atoms with Gasteiger partial charge in [0.1, 0.15) is 0 Å². The molecule has 1 aliphatic heterocycles. The van der Waals surface area contributed by atoms with Gasteiger partial charge in [0.15, 0.2) is 0 Å². The standard InChI is InChI=1S/C28H33N3O/c1-21-6-4-8-25(18-21)19-29-28(32)26-12-10-24(11-13-26)20-30-14-16-31(17-15-30)27-9-5-7-22(2)23(27)3/h4-13,18H,14-17,19-20H2,1-3H3,(H,29,32). The van der Waals surface area contributed by atoms with Crippen LogP contribution >= 0.6 is 0 Å². The van der Waals surface area contributed by atoms with E-state index in [0.717, 1.165) is 38.3 Å². The van der Waals surface area contributed by atoms with Gasteiger partial charge < -0.3 is 10.2 Å². The van der Waals surface area contributed by atoms with Crippen LogP contribution in [0.3, 0.4) is 0 Å². The zero-order valence-electron chi connectivity index (χ0n) is 19.4. The lowest BCUT2D eigenvalue weighted by molar-refractivity contribution is 0.0951. The molecule has 1 N–H and O–H groups in total. The third kappa shape index (κ3) is 5.38. The van der Waals surface area contributed by atoms with Gasteiger partial charge in [0, 0.05) is 50.5 Å². The second-order valence-electron chi connectivity index (χ2n) is 8.85. The van der Waals surface area contributed by atoms with E-state index in [0.29, 0.717) is 12.1 Å². The first kappa shape index (κ1) is 22.1. The number of aryl methyl sites for hydroxylation is 2. The second kappa shape index (κ2) is 10.0. The maximum absolute atomic E-state index is 12.5. The molecule has 1 saturated heterocycles. The highest BCUT2D eigenvalue weighted by molar-refractivity contribution is 5.94. The van der Waals surface area contributed by atoms with Crippen molar-refractivity contribution in [2.45, 2.75) is 33.9 Å². The van der Waals surface area contributed by atoms with Crippen LogP contribution in [0.2, 0.25) is 0 Å². The van der Waals surface area contributed by atoms with E-state index in [9.17, 15) is 4.79 Å². The highest BCUT2D eigenvalue weighted by Crippen LogP contribution is 2.24. The molecule has 4 nitrogen and oxygen atoms in total. The minimum absolute atomic E-state index is 0.0276. The molecule has 1 amide bonds. The maximum atomic E-state index is 12.5. The van der Waals surface area contributed by atoms with Gasteiger partial charge in [-0.3, -0.25) is 9.69 Å². The molecule has 1 fully saturated rings. The van der Waals surface area contributed by atoms with Crippen LogP contribution in [0.5, 0.6) is 0 Å². The zero-order valence-corrected chi connectivity index (χ0v) is 19.4. The van der Waals surface area contributed by atoms with Crippen LogP contribution in [0.1, 0.15) is 38.2 Å². The number of benzene rings is 3. The fraction of sp³-hybridized carbons (Fsp3) is 0.321. The summed E-state index contributed by atoms with van der Waals surface area (Å²) in [5, 5.41) is 3.02. The van der Waals surface area contributed by atoms with Crippen LogP contribution in [-0.4, -0.2) is 37.0 Å². The number of anilines is 1. The van der Waals surface area contributed by atoms with Crippen LogP contribution in [0, 0.1) is 20.8 Å². The first-order valence-corrected chi connectivity index (χ1v) is 11.5. The van der Waals surface area contributed by atoms with E-state index < -0.39 is 0 Å². The van der Waals surface area contributed by atoms with Gasteiger partial charge in [-0.15, -0.1) is 0 Å². The Kier molecular flexibility index (Phi) is 6.91. The van der Waals surface area contributed by atoms with Crippen molar-refractivity contribution in [1.82, 2.24) is 10.2 Å². The number of hydrogen-bond donors (Lipinski definition) is 1. The molecule has 0 spiro atoms. The molecule has 1 heterocycles. The summed E-state index contributed by atoms with van der Waals surface area (Å²) in [6.45, 7) is 12.1. The van der Waals surface area contributed by atoms with Crippen LogP contribution < -0.4 is 10.2 Å². The van der Waals surface area contributed by atoms with Gasteiger partial charge in [-0.25, -0.2) is 0 Å². The Morgan fingerprint density at radius 3 is 2.28 bits per heavy atom. The molecule has 4 heteroatoms. The number of rotatable bonds is 6. The first-order valence-electron chi connectivity index (χ1n) is 11.5. The number of amides is 1. The summed E-state index contributed by atoms with van der Waals surface area (Å²) in [6.07, 6.45) is 0. The molecular formula is C28H33N3O. The minimum atomic E-state index is -0.0276. The van der Waals surface area contributed by atoms with Crippen molar-refractivity contribution in [3.63, 3.8) is 0 Å². The predicted octanol–water partition coefficient (Wildman–Crippen LogP) is 4.86. The van der Waals surface area contributed by atoms with Gasteiger partial charge in [-0.1, -0.05) is 54.1 Å². The average molecular weight is 428 g/mol. The molecule has 0 saturated carbocycles. The molecule has 4 rings (SSSR count). The first-order chi connectivity index (χ1) is 15.5. The number of hydrogen-bond acceptors (Lipinski definition) is 3. The van der Waals surface area contributed by atoms with E-state index in [1.54, 1.807) is 0 Å². The summed E-state index contributed by atoms with van der Waals surface area (Å²) < 4.78 is 0. The van der Waals surface area contributed by atoms with Crippen LogP contribution in [0.25, 0.3) is 0 Å². The molecule has 0 aliphatic carbocycles. The van der Waals surface area contributed by atoms with Gasteiger partial charge >= 0.3 is 0 Å². The van der Waals surface area contributed by atoms with Crippen molar-refractivity contribution in [1.29, 1.82) is 0 Å². The van der Waals surface area contributed by atoms with E-state index in [1.807, 2.05) is 24.3 Å². The molecule has 0 aromatic heterocycles. The quantitative estimate of drug-likeness (QED) is 0.610. The molecule has 166 valence electrons. The topological polar surface area (TPSA) is 35.6 Å². The third-order valence-corrected chi connectivity index (χ3v) is 6.45. The van der Waals surface area contributed by atoms with Gasteiger partial charge in [-0.2, -0.15) is 0 Å². The highest BCUT2D eigenvalue weighted by atomic mass is 16.1. The Morgan fingerprint density at radius 2 is 1.56 bits per heavy atom. The Labute approximate surface area is 191 Å². The Morgan fingerprint density at radius 1 is 0.844 bits per heavy atom. The van der Waals surface area contributed by atoms with Gasteiger partial charge in [-0.05, 0) is 61.2 Å². The Hall–Kier alpha value is -3.11. The summed E-state index contributed by atoms with van der Waals surface area (Å²) in [5.41, 5.74) is 8.39. The number of nitrogens with zero attached hydrogens (tertiary/aromatic N) is 2. The lowest BCUT2D eigenvalue weighted by Gasteiger charge is -2.37. The van der Waals surface area contributed by atoms with E-state index in [-0.39, 0.29) is 5.91 Å². The SMILES string of the molecule is Cc1cccc(CNC(=O)c2ccc(CN3CCN(c4cccc(C)c4C)CC3)cc2)c1. The molecule has 3 aromatic rings. The van der Waals surface area contributed by atoms with Crippen molar-refractivity contribution < 1.29 is 4.79 Å². The van der Waals surface area contributed by atoms with E-state index >= 15 is 0 Å². The summed E-state index contributed by atoms with van der Waals surface area (Å²) in [4.78, 5) is 17.5. The van der Waals surface area contributed by atoms with Crippen LogP contribution in [0.4, 0.5) is 5.69 Å². The lowest BCUT2D eigenvalue weighted by atomic mass is 10.1. The monoisotopic (exact) mass is 427 g/mol. The molecule has 0 radical (unpaired) electrons. The summed E-state index contributed by atoms with van der Waals surface area (Å²) in [6, 6.07) is 22.8. The van der Waals surface area contributed by atoms with Crippen LogP contribution in [-0.2, 0) is 13.1 Å². The largest absolute Gasteiger partial charge is 0.369 e. The molecule has 0 atom stereocenters. The molecule has 3 aromatic carbocycles. The van der Waals surface area contributed by atoms with Gasteiger partial charge in [0.25, 0.3) is 5.91 Å². The smallest absolute Gasteiger partial charge is 0.251 e. The number of nitrogens with one attached hydrogen (secondary N) is 1.